The molecule has 0 spiro atoms. The quantitative estimate of drug-likeness (QED) is 0.828. The number of anilines is 1. The third-order valence-electron chi connectivity index (χ3n) is 3.97. The Morgan fingerprint density at radius 2 is 1.80 bits per heavy atom. The van der Waals surface area contributed by atoms with Crippen molar-refractivity contribution in [3.05, 3.63) is 58.6 Å². The summed E-state index contributed by atoms with van der Waals surface area (Å²) in [6, 6.07) is 14.3. The molecule has 3 rings (SSSR count). The minimum absolute atomic E-state index is 0.0136. The highest BCUT2D eigenvalue weighted by Gasteiger charge is 2.19. The number of hydrogen-bond acceptors (Lipinski definition) is 3. The van der Waals surface area contributed by atoms with E-state index in [1.807, 2.05) is 17.0 Å². The van der Waals surface area contributed by atoms with Crippen molar-refractivity contribution in [2.45, 2.75) is 12.8 Å². The monoisotopic (exact) mass is 402 g/mol. The van der Waals surface area contributed by atoms with Crippen LogP contribution in [0.1, 0.15) is 23.2 Å². The van der Waals surface area contributed by atoms with Crippen LogP contribution in [0.4, 0.5) is 5.69 Å². The lowest BCUT2D eigenvalue weighted by atomic mass is 10.1. The second kappa shape index (κ2) is 8.16. The van der Waals surface area contributed by atoms with Crippen molar-refractivity contribution in [2.75, 3.05) is 25.0 Å². The molecule has 2 aromatic carbocycles. The Morgan fingerprint density at radius 1 is 1.08 bits per heavy atom. The van der Waals surface area contributed by atoms with E-state index >= 15 is 0 Å². The summed E-state index contributed by atoms with van der Waals surface area (Å²) >= 11 is 3.35. The minimum atomic E-state index is -0.270. The van der Waals surface area contributed by atoms with Crippen molar-refractivity contribution in [3.8, 4) is 5.75 Å². The summed E-state index contributed by atoms with van der Waals surface area (Å²) in [6.07, 6.45) is 2.10. The van der Waals surface area contributed by atoms with Crippen LogP contribution in [0.25, 0.3) is 0 Å². The first-order chi connectivity index (χ1) is 12.1. The maximum absolute atomic E-state index is 12.4. The number of nitrogens with zero attached hydrogens (tertiary/aromatic N) is 1. The molecule has 0 radical (unpaired) electrons. The van der Waals surface area contributed by atoms with Gasteiger partial charge < -0.3 is 15.0 Å². The molecule has 6 heteroatoms. The second-order valence-electron chi connectivity index (χ2n) is 5.87. The molecule has 2 aromatic rings. The highest BCUT2D eigenvalue weighted by Crippen LogP contribution is 2.18. The molecule has 0 aromatic heterocycles. The van der Waals surface area contributed by atoms with Crippen LogP contribution in [0.3, 0.4) is 0 Å². The number of benzene rings is 2. The number of carbonyl (C=O) groups excluding carboxylic acids is 2. The summed E-state index contributed by atoms with van der Waals surface area (Å²) in [4.78, 5) is 26.3. The molecule has 0 unspecified atom stereocenters. The fraction of sp³-hybridized carbons (Fsp3) is 0.263. The van der Waals surface area contributed by atoms with Gasteiger partial charge in [-0.3, -0.25) is 9.59 Å². The lowest BCUT2D eigenvalue weighted by molar-refractivity contribution is -0.118. The Bertz CT molecular complexity index is 756. The van der Waals surface area contributed by atoms with E-state index in [1.54, 1.807) is 36.4 Å². The number of carbonyl (C=O) groups is 2. The highest BCUT2D eigenvalue weighted by molar-refractivity contribution is 9.10. The van der Waals surface area contributed by atoms with Gasteiger partial charge >= 0.3 is 0 Å². The molecular weight excluding hydrogens is 384 g/mol. The first-order valence-corrected chi connectivity index (χ1v) is 8.99. The van der Waals surface area contributed by atoms with Crippen LogP contribution in [-0.4, -0.2) is 36.4 Å². The van der Waals surface area contributed by atoms with Crippen LogP contribution in [0.15, 0.2) is 53.0 Å². The Kier molecular flexibility index (Phi) is 5.71. The van der Waals surface area contributed by atoms with Gasteiger partial charge in [0.25, 0.3) is 11.8 Å². The van der Waals surface area contributed by atoms with Crippen molar-refractivity contribution in [1.82, 2.24) is 4.90 Å². The van der Waals surface area contributed by atoms with Crippen LogP contribution >= 0.6 is 15.9 Å². The molecule has 2 amide bonds. The van der Waals surface area contributed by atoms with Crippen molar-refractivity contribution in [2.24, 2.45) is 0 Å². The molecule has 1 saturated heterocycles. The van der Waals surface area contributed by atoms with Crippen LogP contribution in [-0.2, 0) is 4.79 Å². The number of likely N-dealkylation sites (tertiary alicyclic amines) is 1. The molecular formula is C19H19BrN2O3. The number of rotatable bonds is 5. The van der Waals surface area contributed by atoms with Gasteiger partial charge in [-0.05, 0) is 55.3 Å². The first-order valence-electron chi connectivity index (χ1n) is 8.19. The summed E-state index contributed by atoms with van der Waals surface area (Å²) in [7, 11) is 0. The van der Waals surface area contributed by atoms with Gasteiger partial charge in [0.2, 0.25) is 0 Å². The molecule has 1 heterocycles. The van der Waals surface area contributed by atoms with E-state index in [4.69, 9.17) is 4.74 Å². The van der Waals surface area contributed by atoms with E-state index in [2.05, 4.69) is 21.2 Å². The van der Waals surface area contributed by atoms with Gasteiger partial charge in [-0.2, -0.15) is 0 Å². The Balaban J connectivity index is 1.56. The van der Waals surface area contributed by atoms with Crippen LogP contribution < -0.4 is 10.1 Å². The maximum Gasteiger partial charge on any atom is 0.262 e. The smallest absolute Gasteiger partial charge is 0.262 e. The van der Waals surface area contributed by atoms with Crippen molar-refractivity contribution in [3.63, 3.8) is 0 Å². The standard InChI is InChI=1S/C19H19BrN2O3/c20-15-6-8-17(9-7-15)25-13-18(23)21-16-5-3-4-14(12-16)19(24)22-10-1-2-11-22/h3-9,12H,1-2,10-11,13H2,(H,21,23). The van der Waals surface area contributed by atoms with Crippen molar-refractivity contribution >= 4 is 33.4 Å². The average Bonchev–Trinajstić information content (AvgIpc) is 3.15. The zero-order valence-electron chi connectivity index (χ0n) is 13.7. The van der Waals surface area contributed by atoms with E-state index in [9.17, 15) is 9.59 Å². The first kappa shape index (κ1) is 17.5. The normalized spacial score (nSPS) is 13.6. The molecule has 1 aliphatic heterocycles. The van der Waals surface area contributed by atoms with Gasteiger partial charge in [-0.1, -0.05) is 22.0 Å². The summed E-state index contributed by atoms with van der Waals surface area (Å²) in [5.74, 6) is 0.365. The lowest BCUT2D eigenvalue weighted by Crippen LogP contribution is -2.27. The van der Waals surface area contributed by atoms with Crippen molar-refractivity contribution in [1.29, 1.82) is 0 Å². The third kappa shape index (κ3) is 4.82. The molecule has 0 aliphatic carbocycles. The SMILES string of the molecule is O=C(COc1ccc(Br)cc1)Nc1cccc(C(=O)N2CCCC2)c1. The van der Waals surface area contributed by atoms with Crippen LogP contribution in [0.2, 0.25) is 0 Å². The minimum Gasteiger partial charge on any atom is -0.484 e. The van der Waals surface area contributed by atoms with Crippen LogP contribution in [0.5, 0.6) is 5.75 Å². The zero-order chi connectivity index (χ0) is 17.6. The van der Waals surface area contributed by atoms with Gasteiger partial charge in [0, 0.05) is 28.8 Å². The number of ether oxygens (including phenoxy) is 1. The van der Waals surface area contributed by atoms with Gasteiger partial charge in [-0.25, -0.2) is 0 Å². The second-order valence-corrected chi connectivity index (χ2v) is 6.79. The zero-order valence-corrected chi connectivity index (χ0v) is 15.3. The predicted molar refractivity (Wildman–Crippen MR) is 99.8 cm³/mol. The number of amides is 2. The molecule has 5 nitrogen and oxygen atoms in total. The maximum atomic E-state index is 12.4. The number of hydrogen-bond donors (Lipinski definition) is 1. The van der Waals surface area contributed by atoms with Gasteiger partial charge in [-0.15, -0.1) is 0 Å². The largest absolute Gasteiger partial charge is 0.484 e. The fourth-order valence-electron chi connectivity index (χ4n) is 2.71. The molecule has 130 valence electrons. The molecule has 1 aliphatic rings. The average molecular weight is 403 g/mol. The molecule has 1 N–H and O–H groups in total. The third-order valence-corrected chi connectivity index (χ3v) is 4.50. The predicted octanol–water partition coefficient (Wildman–Crippen LogP) is 3.70. The summed E-state index contributed by atoms with van der Waals surface area (Å²) < 4.78 is 6.39. The molecule has 0 saturated carbocycles. The van der Waals surface area contributed by atoms with Gasteiger partial charge in [0.15, 0.2) is 6.61 Å². The van der Waals surface area contributed by atoms with E-state index in [0.29, 0.717) is 17.0 Å². The fourth-order valence-corrected chi connectivity index (χ4v) is 2.97. The summed E-state index contributed by atoms with van der Waals surface area (Å²) in [5, 5.41) is 2.77. The lowest BCUT2D eigenvalue weighted by Gasteiger charge is -2.15. The Labute approximate surface area is 155 Å². The molecule has 0 atom stereocenters. The van der Waals surface area contributed by atoms with Crippen molar-refractivity contribution < 1.29 is 14.3 Å². The van der Waals surface area contributed by atoms with E-state index < -0.39 is 0 Å². The molecule has 1 fully saturated rings. The van der Waals surface area contributed by atoms with E-state index in [-0.39, 0.29) is 18.4 Å². The van der Waals surface area contributed by atoms with E-state index in [1.165, 1.54) is 0 Å². The Hall–Kier alpha value is -2.34. The number of nitrogens with one attached hydrogen (secondary N) is 1. The van der Waals surface area contributed by atoms with E-state index in [0.717, 1.165) is 30.4 Å². The summed E-state index contributed by atoms with van der Waals surface area (Å²) in [5.41, 5.74) is 1.18. The summed E-state index contributed by atoms with van der Waals surface area (Å²) in [6.45, 7) is 1.51. The van der Waals surface area contributed by atoms with Crippen LogP contribution in [0, 0.1) is 0 Å². The van der Waals surface area contributed by atoms with Gasteiger partial charge in [0.1, 0.15) is 5.75 Å². The molecule has 0 bridgehead atoms. The number of halogens is 1. The molecule has 25 heavy (non-hydrogen) atoms. The highest BCUT2D eigenvalue weighted by atomic mass is 79.9. The topological polar surface area (TPSA) is 58.6 Å². The van der Waals surface area contributed by atoms with Gasteiger partial charge in [0.05, 0.1) is 0 Å². The Morgan fingerprint density at radius 3 is 2.52 bits per heavy atom.